The monoisotopic (exact) mass is 169 g/mol. The summed E-state index contributed by atoms with van der Waals surface area (Å²) in [4.78, 5) is 5.49. The fraction of sp³-hybridized carbons (Fsp3) is 0.667. The van der Waals surface area contributed by atoms with Gasteiger partial charge in [-0.1, -0.05) is 27.2 Å². The van der Waals surface area contributed by atoms with Crippen molar-refractivity contribution >= 4 is 11.3 Å². The normalized spacial score (nSPS) is 11.9. The van der Waals surface area contributed by atoms with Gasteiger partial charge in [0.05, 0.1) is 5.51 Å². The van der Waals surface area contributed by atoms with Gasteiger partial charge in [0.2, 0.25) is 0 Å². The van der Waals surface area contributed by atoms with E-state index in [1.807, 2.05) is 11.7 Å². The zero-order valence-electron chi connectivity index (χ0n) is 7.42. The van der Waals surface area contributed by atoms with Crippen molar-refractivity contribution in [2.75, 3.05) is 0 Å². The molecule has 0 atom stereocenters. The SMILES string of the molecule is CCCC(C)(C)c1cncs1. The van der Waals surface area contributed by atoms with E-state index in [-0.39, 0.29) is 0 Å². The largest absolute Gasteiger partial charge is 0.253 e. The van der Waals surface area contributed by atoms with Crippen LogP contribution in [0.15, 0.2) is 11.7 Å². The molecule has 1 heterocycles. The fourth-order valence-corrected chi connectivity index (χ4v) is 2.08. The van der Waals surface area contributed by atoms with Crippen LogP contribution in [0.1, 0.15) is 38.5 Å². The van der Waals surface area contributed by atoms with E-state index in [1.165, 1.54) is 17.7 Å². The van der Waals surface area contributed by atoms with Crippen LogP contribution in [0.5, 0.6) is 0 Å². The van der Waals surface area contributed by atoms with Crippen LogP contribution < -0.4 is 0 Å². The van der Waals surface area contributed by atoms with Gasteiger partial charge in [-0.2, -0.15) is 0 Å². The topological polar surface area (TPSA) is 12.9 Å². The second kappa shape index (κ2) is 3.35. The van der Waals surface area contributed by atoms with E-state index in [4.69, 9.17) is 0 Å². The van der Waals surface area contributed by atoms with Gasteiger partial charge in [-0.3, -0.25) is 4.98 Å². The summed E-state index contributed by atoms with van der Waals surface area (Å²) < 4.78 is 0. The van der Waals surface area contributed by atoms with Gasteiger partial charge in [0.15, 0.2) is 0 Å². The van der Waals surface area contributed by atoms with Gasteiger partial charge in [0.1, 0.15) is 0 Å². The fourth-order valence-electron chi connectivity index (χ4n) is 1.30. The molecule has 1 nitrogen and oxygen atoms in total. The standard InChI is InChI=1S/C9H15NS/c1-4-5-9(2,3)8-6-10-7-11-8/h6-7H,4-5H2,1-3H3. The van der Waals surface area contributed by atoms with Crippen molar-refractivity contribution in [2.45, 2.75) is 39.0 Å². The van der Waals surface area contributed by atoms with Gasteiger partial charge in [-0.15, -0.1) is 11.3 Å². The molecule has 0 bridgehead atoms. The maximum atomic E-state index is 4.09. The first-order chi connectivity index (χ1) is 5.17. The van der Waals surface area contributed by atoms with E-state index in [2.05, 4.69) is 25.8 Å². The molecule has 0 aliphatic heterocycles. The minimum atomic E-state index is 0.329. The van der Waals surface area contributed by atoms with E-state index in [0.29, 0.717) is 5.41 Å². The first kappa shape index (κ1) is 8.72. The van der Waals surface area contributed by atoms with Crippen LogP contribution in [0.4, 0.5) is 0 Å². The third kappa shape index (κ3) is 2.03. The van der Waals surface area contributed by atoms with Gasteiger partial charge in [-0.25, -0.2) is 0 Å². The Morgan fingerprint density at radius 2 is 2.27 bits per heavy atom. The van der Waals surface area contributed by atoms with Gasteiger partial charge >= 0.3 is 0 Å². The van der Waals surface area contributed by atoms with Crippen molar-refractivity contribution in [1.82, 2.24) is 4.98 Å². The van der Waals surface area contributed by atoms with Crippen molar-refractivity contribution in [2.24, 2.45) is 0 Å². The maximum Gasteiger partial charge on any atom is 0.0794 e. The van der Waals surface area contributed by atoms with Crippen LogP contribution in [-0.4, -0.2) is 4.98 Å². The Hall–Kier alpha value is -0.370. The van der Waals surface area contributed by atoms with Crippen LogP contribution in [0.25, 0.3) is 0 Å². The number of aromatic nitrogens is 1. The average molecular weight is 169 g/mol. The Labute approximate surface area is 72.5 Å². The van der Waals surface area contributed by atoms with E-state index in [9.17, 15) is 0 Å². The third-order valence-electron chi connectivity index (χ3n) is 1.97. The second-order valence-electron chi connectivity index (χ2n) is 3.50. The molecule has 0 spiro atoms. The lowest BCUT2D eigenvalue weighted by Gasteiger charge is -2.21. The predicted octanol–water partition coefficient (Wildman–Crippen LogP) is 3.22. The molecule has 0 aliphatic rings. The number of nitrogens with zero attached hydrogens (tertiary/aromatic N) is 1. The van der Waals surface area contributed by atoms with Crippen molar-refractivity contribution in [3.05, 3.63) is 16.6 Å². The molecule has 0 saturated carbocycles. The van der Waals surface area contributed by atoms with E-state index in [0.717, 1.165) is 0 Å². The molecule has 11 heavy (non-hydrogen) atoms. The van der Waals surface area contributed by atoms with E-state index in [1.54, 1.807) is 11.3 Å². The van der Waals surface area contributed by atoms with Gasteiger partial charge < -0.3 is 0 Å². The van der Waals surface area contributed by atoms with Crippen LogP contribution in [0, 0.1) is 0 Å². The number of rotatable bonds is 3. The first-order valence-electron chi connectivity index (χ1n) is 4.06. The van der Waals surface area contributed by atoms with Crippen molar-refractivity contribution in [3.63, 3.8) is 0 Å². The van der Waals surface area contributed by atoms with Crippen LogP contribution in [0.2, 0.25) is 0 Å². The number of hydrogen-bond donors (Lipinski definition) is 0. The summed E-state index contributed by atoms with van der Waals surface area (Å²) in [6.45, 7) is 6.79. The summed E-state index contributed by atoms with van der Waals surface area (Å²) in [5.74, 6) is 0. The molecule has 1 aromatic heterocycles. The highest BCUT2D eigenvalue weighted by atomic mass is 32.1. The molecular formula is C9H15NS. The van der Waals surface area contributed by atoms with Crippen LogP contribution in [-0.2, 0) is 5.41 Å². The Kier molecular flexibility index (Phi) is 2.66. The number of hydrogen-bond acceptors (Lipinski definition) is 2. The Balaban J connectivity index is 2.73. The third-order valence-corrected chi connectivity index (χ3v) is 3.11. The van der Waals surface area contributed by atoms with Crippen LogP contribution in [0.3, 0.4) is 0 Å². The van der Waals surface area contributed by atoms with Gasteiger partial charge in [0, 0.05) is 16.5 Å². The zero-order chi connectivity index (χ0) is 8.32. The summed E-state index contributed by atoms with van der Waals surface area (Å²) in [6.07, 6.45) is 4.47. The molecule has 1 rings (SSSR count). The molecule has 0 amide bonds. The molecule has 0 fully saturated rings. The maximum absolute atomic E-state index is 4.09. The molecule has 0 radical (unpaired) electrons. The Bertz CT molecular complexity index is 201. The number of thiazole rings is 1. The molecule has 62 valence electrons. The molecular weight excluding hydrogens is 154 g/mol. The Morgan fingerprint density at radius 1 is 1.55 bits per heavy atom. The molecule has 2 heteroatoms. The van der Waals surface area contributed by atoms with Gasteiger partial charge in [0.25, 0.3) is 0 Å². The minimum Gasteiger partial charge on any atom is -0.253 e. The Morgan fingerprint density at radius 3 is 2.73 bits per heavy atom. The molecule has 0 saturated heterocycles. The zero-order valence-corrected chi connectivity index (χ0v) is 8.24. The minimum absolute atomic E-state index is 0.329. The summed E-state index contributed by atoms with van der Waals surface area (Å²) in [6, 6.07) is 0. The molecule has 1 aromatic rings. The lowest BCUT2D eigenvalue weighted by atomic mass is 9.87. The summed E-state index contributed by atoms with van der Waals surface area (Å²) in [5, 5.41) is 0. The van der Waals surface area contributed by atoms with Crippen molar-refractivity contribution < 1.29 is 0 Å². The summed E-state index contributed by atoms with van der Waals surface area (Å²) in [5.41, 5.74) is 2.24. The van der Waals surface area contributed by atoms with Crippen molar-refractivity contribution in [1.29, 1.82) is 0 Å². The van der Waals surface area contributed by atoms with Crippen molar-refractivity contribution in [3.8, 4) is 0 Å². The smallest absolute Gasteiger partial charge is 0.0794 e. The summed E-state index contributed by atoms with van der Waals surface area (Å²) >= 11 is 1.76. The quantitative estimate of drug-likeness (QED) is 0.677. The second-order valence-corrected chi connectivity index (χ2v) is 4.39. The molecule has 0 aromatic carbocycles. The molecule has 0 N–H and O–H groups in total. The highest BCUT2D eigenvalue weighted by Gasteiger charge is 2.20. The first-order valence-corrected chi connectivity index (χ1v) is 4.94. The highest BCUT2D eigenvalue weighted by Crippen LogP contribution is 2.30. The highest BCUT2D eigenvalue weighted by molar-refractivity contribution is 7.09. The lowest BCUT2D eigenvalue weighted by molar-refractivity contribution is 0.481. The molecule has 0 unspecified atom stereocenters. The van der Waals surface area contributed by atoms with Crippen LogP contribution >= 0.6 is 11.3 Å². The predicted molar refractivity (Wildman–Crippen MR) is 50.0 cm³/mol. The lowest BCUT2D eigenvalue weighted by Crippen LogP contribution is -2.14. The van der Waals surface area contributed by atoms with E-state index >= 15 is 0 Å². The van der Waals surface area contributed by atoms with Gasteiger partial charge in [-0.05, 0) is 6.42 Å². The average Bonchev–Trinajstić information content (AvgIpc) is 2.37. The summed E-state index contributed by atoms with van der Waals surface area (Å²) in [7, 11) is 0. The molecule has 0 aliphatic carbocycles. The van der Waals surface area contributed by atoms with E-state index < -0.39 is 0 Å².